The van der Waals surface area contributed by atoms with Crippen LogP contribution in [0, 0.1) is 20.8 Å². The number of benzene rings is 1. The molecule has 5 nitrogen and oxygen atoms in total. The Hall–Kier alpha value is -2.77. The minimum atomic E-state index is -0.253. The van der Waals surface area contributed by atoms with Gasteiger partial charge in [-0.2, -0.15) is 0 Å². The van der Waals surface area contributed by atoms with Gasteiger partial charge in [0.1, 0.15) is 11.4 Å². The molecule has 3 heterocycles. The minimum Gasteiger partial charge on any atom is -0.325 e. The molecule has 1 amide bonds. The van der Waals surface area contributed by atoms with E-state index >= 15 is 0 Å². The lowest BCUT2D eigenvalue weighted by Crippen LogP contribution is -2.27. The maximum absolute atomic E-state index is 13.0. The fourth-order valence-corrected chi connectivity index (χ4v) is 5.10. The van der Waals surface area contributed by atoms with Gasteiger partial charge in [0, 0.05) is 26.4 Å². The zero-order chi connectivity index (χ0) is 19.8. The average Bonchev–Trinajstić information content (AvgIpc) is 3.22. The third-order valence-electron chi connectivity index (χ3n) is 4.39. The van der Waals surface area contributed by atoms with Crippen LogP contribution in [0.15, 0.2) is 46.8 Å². The summed E-state index contributed by atoms with van der Waals surface area (Å²) in [5, 5.41) is 5.41. The first-order valence-electron chi connectivity index (χ1n) is 8.82. The van der Waals surface area contributed by atoms with Gasteiger partial charge >= 0.3 is 0 Å². The van der Waals surface area contributed by atoms with Gasteiger partial charge in [0.2, 0.25) is 5.91 Å². The van der Waals surface area contributed by atoms with Crippen LogP contribution in [0.5, 0.6) is 0 Å². The SMILES string of the molecule is Cc1cc(C)cc(NC(=O)Cn2cnc3scc(-c4ccc(C)s4)c3c2=O)c1. The topological polar surface area (TPSA) is 64.0 Å². The van der Waals surface area contributed by atoms with Crippen molar-refractivity contribution in [3.63, 3.8) is 0 Å². The van der Waals surface area contributed by atoms with Gasteiger partial charge in [0.15, 0.2) is 0 Å². The van der Waals surface area contributed by atoms with Crippen LogP contribution < -0.4 is 10.9 Å². The molecule has 0 saturated heterocycles. The Morgan fingerprint density at radius 2 is 1.89 bits per heavy atom. The molecule has 3 aromatic heterocycles. The lowest BCUT2D eigenvalue weighted by Gasteiger charge is -2.09. The van der Waals surface area contributed by atoms with Gasteiger partial charge < -0.3 is 5.32 Å². The number of aromatic nitrogens is 2. The van der Waals surface area contributed by atoms with Crippen LogP contribution in [0.3, 0.4) is 0 Å². The second-order valence-electron chi connectivity index (χ2n) is 6.84. The van der Waals surface area contributed by atoms with E-state index in [2.05, 4.69) is 10.3 Å². The number of hydrogen-bond acceptors (Lipinski definition) is 5. The van der Waals surface area contributed by atoms with Gasteiger partial charge in [-0.25, -0.2) is 4.98 Å². The molecule has 0 unspecified atom stereocenters. The van der Waals surface area contributed by atoms with Crippen molar-refractivity contribution >= 4 is 44.5 Å². The van der Waals surface area contributed by atoms with E-state index in [1.165, 1.54) is 27.1 Å². The van der Waals surface area contributed by atoms with Gasteiger partial charge in [-0.1, -0.05) is 6.07 Å². The van der Waals surface area contributed by atoms with E-state index in [1.54, 1.807) is 11.3 Å². The van der Waals surface area contributed by atoms with E-state index in [9.17, 15) is 9.59 Å². The summed E-state index contributed by atoms with van der Waals surface area (Å²) in [6.45, 7) is 5.93. The molecule has 0 spiro atoms. The van der Waals surface area contributed by atoms with Crippen molar-refractivity contribution in [1.82, 2.24) is 9.55 Å². The molecule has 0 saturated carbocycles. The number of hydrogen-bond donors (Lipinski definition) is 1. The van der Waals surface area contributed by atoms with Gasteiger partial charge in [-0.05, 0) is 56.2 Å². The molecule has 0 fully saturated rings. The molecular weight excluding hydrogens is 390 g/mol. The zero-order valence-corrected chi connectivity index (χ0v) is 17.4. The van der Waals surface area contributed by atoms with Gasteiger partial charge in [0.25, 0.3) is 5.56 Å². The van der Waals surface area contributed by atoms with Gasteiger partial charge in [-0.3, -0.25) is 14.2 Å². The molecule has 28 heavy (non-hydrogen) atoms. The number of anilines is 1. The molecule has 0 radical (unpaired) electrons. The Labute approximate surface area is 170 Å². The van der Waals surface area contributed by atoms with Crippen LogP contribution >= 0.6 is 22.7 Å². The predicted octanol–water partition coefficient (Wildman–Crippen LogP) is 4.75. The molecule has 0 aliphatic carbocycles. The van der Waals surface area contributed by atoms with E-state index in [0.717, 1.165) is 27.3 Å². The smallest absolute Gasteiger partial charge is 0.263 e. The molecule has 0 bridgehead atoms. The maximum Gasteiger partial charge on any atom is 0.263 e. The normalized spacial score (nSPS) is 11.1. The predicted molar refractivity (Wildman–Crippen MR) is 116 cm³/mol. The Morgan fingerprint density at radius 3 is 2.57 bits per heavy atom. The number of nitrogens with one attached hydrogen (secondary N) is 1. The van der Waals surface area contributed by atoms with Gasteiger partial charge in [-0.15, -0.1) is 22.7 Å². The first-order valence-corrected chi connectivity index (χ1v) is 10.5. The first kappa shape index (κ1) is 18.6. The third kappa shape index (κ3) is 3.63. The van der Waals surface area contributed by atoms with Crippen LogP contribution in [0.1, 0.15) is 16.0 Å². The number of carbonyl (C=O) groups excluding carboxylic acids is 1. The molecule has 0 aliphatic heterocycles. The summed E-state index contributed by atoms with van der Waals surface area (Å²) in [4.78, 5) is 32.8. The highest BCUT2D eigenvalue weighted by atomic mass is 32.1. The van der Waals surface area contributed by atoms with E-state index in [4.69, 9.17) is 0 Å². The number of rotatable bonds is 4. The van der Waals surface area contributed by atoms with Gasteiger partial charge in [0.05, 0.1) is 11.7 Å². The summed E-state index contributed by atoms with van der Waals surface area (Å²) in [6, 6.07) is 9.92. The fourth-order valence-electron chi connectivity index (χ4n) is 3.24. The van der Waals surface area contributed by atoms with E-state index < -0.39 is 0 Å². The molecule has 4 rings (SSSR count). The summed E-state index contributed by atoms with van der Waals surface area (Å²) in [6.07, 6.45) is 1.45. The maximum atomic E-state index is 13.0. The molecule has 1 N–H and O–H groups in total. The molecule has 0 aliphatic rings. The summed E-state index contributed by atoms with van der Waals surface area (Å²) in [5.74, 6) is -0.253. The summed E-state index contributed by atoms with van der Waals surface area (Å²) >= 11 is 3.09. The average molecular weight is 410 g/mol. The van der Waals surface area contributed by atoms with Crippen LogP contribution in [-0.4, -0.2) is 15.5 Å². The quantitative estimate of drug-likeness (QED) is 0.529. The number of thiophene rings is 2. The van der Waals surface area contributed by atoms with Crippen molar-refractivity contribution in [3.8, 4) is 10.4 Å². The molecular formula is C21H19N3O2S2. The highest BCUT2D eigenvalue weighted by molar-refractivity contribution is 7.19. The Morgan fingerprint density at radius 1 is 1.14 bits per heavy atom. The zero-order valence-electron chi connectivity index (χ0n) is 15.8. The summed E-state index contributed by atoms with van der Waals surface area (Å²) < 4.78 is 1.37. The number of nitrogens with zero attached hydrogens (tertiary/aromatic N) is 2. The lowest BCUT2D eigenvalue weighted by atomic mass is 10.1. The van der Waals surface area contributed by atoms with Crippen molar-refractivity contribution in [1.29, 1.82) is 0 Å². The largest absolute Gasteiger partial charge is 0.325 e. The standard InChI is InChI=1S/C21H19N3O2S2/c1-12-6-13(2)8-15(7-12)23-18(25)9-24-11-22-20-19(21(24)26)16(10-27-20)17-5-4-14(3)28-17/h4-8,10-11H,9H2,1-3H3,(H,23,25). The van der Waals surface area contributed by atoms with Crippen LogP contribution in [0.25, 0.3) is 20.7 Å². The highest BCUT2D eigenvalue weighted by Crippen LogP contribution is 2.34. The van der Waals surface area contributed by atoms with Crippen molar-refractivity contribution in [2.24, 2.45) is 0 Å². The van der Waals surface area contributed by atoms with Crippen LogP contribution in [0.4, 0.5) is 5.69 Å². The van der Waals surface area contributed by atoms with Crippen molar-refractivity contribution in [2.45, 2.75) is 27.3 Å². The van der Waals surface area contributed by atoms with Crippen LogP contribution in [0.2, 0.25) is 0 Å². The Balaban J connectivity index is 1.65. The minimum absolute atomic E-state index is 0.0759. The Kier molecular flexibility index (Phi) is 4.87. The van der Waals surface area contributed by atoms with Crippen molar-refractivity contribution in [2.75, 3.05) is 5.32 Å². The fraction of sp³-hybridized carbons (Fsp3) is 0.190. The second kappa shape index (κ2) is 7.33. The molecule has 0 atom stereocenters. The molecule has 142 valence electrons. The van der Waals surface area contributed by atoms with Crippen molar-refractivity contribution < 1.29 is 4.79 Å². The molecule has 4 aromatic rings. The highest BCUT2D eigenvalue weighted by Gasteiger charge is 2.16. The third-order valence-corrected chi connectivity index (χ3v) is 6.31. The van der Waals surface area contributed by atoms with E-state index in [-0.39, 0.29) is 18.0 Å². The summed E-state index contributed by atoms with van der Waals surface area (Å²) in [5.41, 5.74) is 3.58. The molecule has 1 aromatic carbocycles. The second-order valence-corrected chi connectivity index (χ2v) is 8.99. The van der Waals surface area contributed by atoms with Crippen molar-refractivity contribution in [3.05, 3.63) is 68.4 Å². The number of fused-ring (bicyclic) bond motifs is 1. The molecule has 7 heteroatoms. The monoisotopic (exact) mass is 409 g/mol. The van der Waals surface area contributed by atoms with Crippen LogP contribution in [-0.2, 0) is 11.3 Å². The Bertz CT molecular complexity index is 1230. The summed E-state index contributed by atoms with van der Waals surface area (Å²) in [7, 11) is 0. The number of amides is 1. The van der Waals surface area contributed by atoms with E-state index in [1.807, 2.05) is 56.5 Å². The number of carbonyl (C=O) groups is 1. The number of aryl methyl sites for hydroxylation is 3. The van der Waals surface area contributed by atoms with E-state index in [0.29, 0.717) is 10.2 Å². The lowest BCUT2D eigenvalue weighted by molar-refractivity contribution is -0.116. The first-order chi connectivity index (χ1) is 13.4.